The number of hydrogen-bond acceptors (Lipinski definition) is 4. The zero-order valence-corrected chi connectivity index (χ0v) is 18.7. The fourth-order valence-electron chi connectivity index (χ4n) is 4.08. The number of nitrogens with zero attached hydrogens (tertiary/aromatic N) is 4. The van der Waals surface area contributed by atoms with Gasteiger partial charge >= 0.3 is 0 Å². The first-order chi connectivity index (χ1) is 15.9. The van der Waals surface area contributed by atoms with Crippen molar-refractivity contribution in [1.82, 2.24) is 24.5 Å². The lowest BCUT2D eigenvalue weighted by atomic mass is 10.1. The Kier molecular flexibility index (Phi) is 5.18. The molecule has 0 aliphatic heterocycles. The van der Waals surface area contributed by atoms with Crippen molar-refractivity contribution in [1.29, 1.82) is 0 Å². The van der Waals surface area contributed by atoms with E-state index in [4.69, 9.17) is 11.6 Å². The van der Waals surface area contributed by atoms with Crippen molar-refractivity contribution in [2.24, 2.45) is 0 Å². The van der Waals surface area contributed by atoms with Gasteiger partial charge in [0, 0.05) is 34.2 Å². The maximum Gasteiger partial charge on any atom is 0.263 e. The summed E-state index contributed by atoms with van der Waals surface area (Å²) < 4.78 is 3.20. The molecule has 1 amide bonds. The van der Waals surface area contributed by atoms with E-state index in [1.54, 1.807) is 52.7 Å². The molecular formula is C25H20ClN5O2. The quantitative estimate of drug-likeness (QED) is 0.431. The first-order valence-electron chi connectivity index (χ1n) is 10.5. The fourth-order valence-corrected chi connectivity index (χ4v) is 4.26. The highest BCUT2D eigenvalue weighted by molar-refractivity contribution is 6.31. The summed E-state index contributed by atoms with van der Waals surface area (Å²) in [7, 11) is 0. The molecule has 5 rings (SSSR count). The molecule has 1 N–H and O–H groups in total. The molecule has 3 aromatic heterocycles. The molecule has 0 unspecified atom stereocenters. The van der Waals surface area contributed by atoms with E-state index >= 15 is 0 Å². The molecule has 0 radical (unpaired) electrons. The van der Waals surface area contributed by atoms with Crippen molar-refractivity contribution in [2.45, 2.75) is 19.9 Å². The molecule has 0 saturated heterocycles. The Morgan fingerprint density at radius 1 is 1.09 bits per heavy atom. The molecule has 0 spiro atoms. The molecule has 33 heavy (non-hydrogen) atoms. The van der Waals surface area contributed by atoms with Gasteiger partial charge in [-0.25, -0.2) is 9.50 Å². The summed E-state index contributed by atoms with van der Waals surface area (Å²) in [6, 6.07) is 17.7. The van der Waals surface area contributed by atoms with Crippen LogP contribution in [0.1, 0.15) is 34.7 Å². The summed E-state index contributed by atoms with van der Waals surface area (Å²) in [6.07, 6.45) is 3.37. The Bertz CT molecular complexity index is 1570. The monoisotopic (exact) mass is 457 g/mol. The van der Waals surface area contributed by atoms with Crippen LogP contribution < -0.4 is 10.9 Å². The normalized spacial score (nSPS) is 12.2. The first kappa shape index (κ1) is 20.9. The molecule has 8 heteroatoms. The SMILES string of the molecule is Cc1nn2cccnc2c1C(=O)N[C@@H](C)c1cc2cc(Cl)ccc2c(=O)n1-c1ccccc1. The predicted octanol–water partition coefficient (Wildman–Crippen LogP) is 4.49. The van der Waals surface area contributed by atoms with Crippen LogP contribution in [0.5, 0.6) is 0 Å². The number of aromatic nitrogens is 4. The van der Waals surface area contributed by atoms with Crippen molar-refractivity contribution in [2.75, 3.05) is 0 Å². The fraction of sp³-hybridized carbons (Fsp3) is 0.120. The van der Waals surface area contributed by atoms with Gasteiger partial charge in [-0.2, -0.15) is 5.10 Å². The number of nitrogens with one attached hydrogen (secondary N) is 1. The molecular weight excluding hydrogens is 438 g/mol. The molecule has 0 bridgehead atoms. The van der Waals surface area contributed by atoms with Crippen LogP contribution in [0.2, 0.25) is 5.02 Å². The number of para-hydroxylation sites is 1. The van der Waals surface area contributed by atoms with Crippen molar-refractivity contribution >= 4 is 33.9 Å². The van der Waals surface area contributed by atoms with Gasteiger partial charge in [0.25, 0.3) is 11.5 Å². The molecule has 0 fully saturated rings. The topological polar surface area (TPSA) is 81.3 Å². The number of pyridine rings is 1. The summed E-state index contributed by atoms with van der Waals surface area (Å²) in [5.41, 5.74) is 2.62. The lowest BCUT2D eigenvalue weighted by Gasteiger charge is -2.21. The van der Waals surface area contributed by atoms with E-state index in [0.29, 0.717) is 44.1 Å². The molecule has 0 aliphatic carbocycles. The number of aryl methyl sites for hydroxylation is 1. The highest BCUT2D eigenvalue weighted by Crippen LogP contribution is 2.24. The second kappa shape index (κ2) is 8.18. The Morgan fingerprint density at radius 3 is 2.67 bits per heavy atom. The van der Waals surface area contributed by atoms with Gasteiger partial charge in [-0.1, -0.05) is 29.8 Å². The van der Waals surface area contributed by atoms with Crippen LogP contribution >= 0.6 is 11.6 Å². The van der Waals surface area contributed by atoms with Crippen molar-refractivity contribution in [3.8, 4) is 5.69 Å². The number of rotatable bonds is 4. The summed E-state index contributed by atoms with van der Waals surface area (Å²) in [5.74, 6) is -0.313. The van der Waals surface area contributed by atoms with Gasteiger partial charge in [0.2, 0.25) is 0 Å². The van der Waals surface area contributed by atoms with Crippen LogP contribution in [0, 0.1) is 6.92 Å². The van der Waals surface area contributed by atoms with Crippen molar-refractivity contribution < 1.29 is 4.79 Å². The molecule has 5 aromatic rings. The Hall–Kier alpha value is -3.97. The zero-order valence-electron chi connectivity index (χ0n) is 18.0. The van der Waals surface area contributed by atoms with Gasteiger partial charge in [0.1, 0.15) is 5.56 Å². The zero-order chi connectivity index (χ0) is 23.1. The number of benzene rings is 2. The van der Waals surface area contributed by atoms with Crippen LogP contribution in [0.3, 0.4) is 0 Å². The van der Waals surface area contributed by atoms with Gasteiger partial charge in [0.05, 0.1) is 11.7 Å². The summed E-state index contributed by atoms with van der Waals surface area (Å²) in [5, 5.41) is 9.19. The number of amides is 1. The molecule has 0 aliphatic rings. The smallest absolute Gasteiger partial charge is 0.263 e. The number of carbonyl (C=O) groups excluding carboxylic acids is 1. The van der Waals surface area contributed by atoms with Crippen molar-refractivity contribution in [3.05, 3.63) is 105 Å². The first-order valence-corrected chi connectivity index (χ1v) is 10.8. The van der Waals surface area contributed by atoms with E-state index < -0.39 is 6.04 Å². The summed E-state index contributed by atoms with van der Waals surface area (Å²) in [4.78, 5) is 31.1. The highest BCUT2D eigenvalue weighted by Gasteiger charge is 2.23. The van der Waals surface area contributed by atoms with Gasteiger partial charge in [-0.15, -0.1) is 0 Å². The third-order valence-corrected chi connectivity index (χ3v) is 5.85. The van der Waals surface area contributed by atoms with E-state index in [1.165, 1.54) is 0 Å². The molecule has 7 nitrogen and oxygen atoms in total. The molecule has 1 atom stereocenters. The molecule has 3 heterocycles. The maximum atomic E-state index is 13.5. The Morgan fingerprint density at radius 2 is 1.88 bits per heavy atom. The molecule has 2 aromatic carbocycles. The van der Waals surface area contributed by atoms with Crippen LogP contribution in [0.4, 0.5) is 0 Å². The predicted molar refractivity (Wildman–Crippen MR) is 128 cm³/mol. The highest BCUT2D eigenvalue weighted by atomic mass is 35.5. The second-order valence-electron chi connectivity index (χ2n) is 7.82. The Balaban J connectivity index is 1.63. The van der Waals surface area contributed by atoms with Gasteiger partial charge < -0.3 is 5.32 Å². The van der Waals surface area contributed by atoms with E-state index in [-0.39, 0.29) is 11.5 Å². The third kappa shape index (κ3) is 3.66. The Labute approximate surface area is 194 Å². The van der Waals surface area contributed by atoms with Crippen LogP contribution in [-0.4, -0.2) is 25.1 Å². The van der Waals surface area contributed by atoms with Gasteiger partial charge in [-0.05, 0) is 61.7 Å². The van der Waals surface area contributed by atoms with Gasteiger partial charge in [-0.3, -0.25) is 14.2 Å². The standard InChI is InChI=1S/C25H20ClN5O2/c1-15(28-24(32)22-16(2)29-30-12-6-11-27-23(22)30)21-14-17-13-18(26)9-10-20(17)25(33)31(21)19-7-4-3-5-8-19/h3-15H,1-2H3,(H,28,32)/t15-/m0/s1. The second-order valence-corrected chi connectivity index (χ2v) is 8.26. The molecule has 164 valence electrons. The summed E-state index contributed by atoms with van der Waals surface area (Å²) in [6.45, 7) is 3.61. The maximum absolute atomic E-state index is 13.5. The minimum atomic E-state index is -0.494. The largest absolute Gasteiger partial charge is 0.344 e. The minimum absolute atomic E-state index is 0.180. The number of carbonyl (C=O) groups is 1. The van der Waals surface area contributed by atoms with Crippen LogP contribution in [0.25, 0.3) is 22.1 Å². The average Bonchev–Trinajstić information content (AvgIpc) is 3.15. The van der Waals surface area contributed by atoms with Gasteiger partial charge in [0.15, 0.2) is 5.65 Å². The van der Waals surface area contributed by atoms with E-state index in [2.05, 4.69) is 15.4 Å². The van der Waals surface area contributed by atoms with Crippen molar-refractivity contribution in [3.63, 3.8) is 0 Å². The molecule has 0 saturated carbocycles. The average molecular weight is 458 g/mol. The third-order valence-electron chi connectivity index (χ3n) is 5.61. The lowest BCUT2D eigenvalue weighted by Crippen LogP contribution is -2.32. The minimum Gasteiger partial charge on any atom is -0.344 e. The lowest BCUT2D eigenvalue weighted by molar-refractivity contribution is 0.0939. The van der Waals surface area contributed by atoms with E-state index in [0.717, 1.165) is 0 Å². The number of hydrogen-bond donors (Lipinski definition) is 1. The van der Waals surface area contributed by atoms with E-state index in [1.807, 2.05) is 43.3 Å². The van der Waals surface area contributed by atoms with Crippen LogP contribution in [-0.2, 0) is 0 Å². The van der Waals surface area contributed by atoms with E-state index in [9.17, 15) is 9.59 Å². The number of halogens is 1. The van der Waals surface area contributed by atoms with Crippen LogP contribution in [0.15, 0.2) is 77.9 Å². The summed E-state index contributed by atoms with van der Waals surface area (Å²) >= 11 is 6.19. The number of fused-ring (bicyclic) bond motifs is 2.